The number of likely N-dealkylation sites (tertiary alicyclic amines) is 1. The van der Waals surface area contributed by atoms with Crippen LogP contribution in [0.1, 0.15) is 37.0 Å². The molecule has 0 atom stereocenters. The van der Waals surface area contributed by atoms with Gasteiger partial charge >= 0.3 is 0 Å². The number of nitrogens with zero attached hydrogens (tertiary/aromatic N) is 1. The second kappa shape index (κ2) is 7.09. The van der Waals surface area contributed by atoms with E-state index in [1.807, 2.05) is 0 Å². The van der Waals surface area contributed by atoms with E-state index in [0.717, 1.165) is 13.1 Å². The molecule has 0 radical (unpaired) electrons. The zero-order chi connectivity index (χ0) is 14.5. The number of halogens is 1. The van der Waals surface area contributed by atoms with Crippen LogP contribution < -0.4 is 4.74 Å². The first-order valence-electron chi connectivity index (χ1n) is 7.24. The number of benzene rings is 1. The summed E-state index contributed by atoms with van der Waals surface area (Å²) in [6, 6.07) is 5.28. The summed E-state index contributed by atoms with van der Waals surface area (Å²) in [6.07, 6.45) is 2.36. The highest BCUT2D eigenvalue weighted by Gasteiger charge is 2.19. The van der Waals surface area contributed by atoms with Crippen LogP contribution in [0.2, 0.25) is 5.02 Å². The molecule has 1 saturated heterocycles. The summed E-state index contributed by atoms with van der Waals surface area (Å²) < 4.78 is 5.74. The molecule has 1 aliphatic heterocycles. The first-order chi connectivity index (χ1) is 9.56. The van der Waals surface area contributed by atoms with E-state index in [2.05, 4.69) is 18.7 Å². The van der Waals surface area contributed by atoms with Crippen LogP contribution in [0.15, 0.2) is 18.2 Å². The number of ketones is 1. The maximum Gasteiger partial charge on any atom is 0.180 e. The van der Waals surface area contributed by atoms with Gasteiger partial charge in [-0.3, -0.25) is 9.69 Å². The zero-order valence-corrected chi connectivity index (χ0v) is 12.9. The third-order valence-electron chi connectivity index (χ3n) is 3.38. The van der Waals surface area contributed by atoms with E-state index in [9.17, 15) is 4.79 Å². The van der Waals surface area contributed by atoms with Crippen LogP contribution in [0.3, 0.4) is 0 Å². The topological polar surface area (TPSA) is 29.5 Å². The monoisotopic (exact) mass is 295 g/mol. The molecule has 1 heterocycles. The van der Waals surface area contributed by atoms with Crippen molar-refractivity contribution in [2.75, 3.05) is 26.2 Å². The quantitative estimate of drug-likeness (QED) is 0.750. The van der Waals surface area contributed by atoms with Crippen molar-refractivity contribution in [3.8, 4) is 5.75 Å². The van der Waals surface area contributed by atoms with Crippen LogP contribution in [0, 0.1) is 5.92 Å². The van der Waals surface area contributed by atoms with Crippen molar-refractivity contribution < 1.29 is 9.53 Å². The third kappa shape index (κ3) is 4.22. The Morgan fingerprint density at radius 1 is 1.35 bits per heavy atom. The van der Waals surface area contributed by atoms with Gasteiger partial charge in [-0.2, -0.15) is 0 Å². The van der Waals surface area contributed by atoms with Crippen LogP contribution >= 0.6 is 11.6 Å². The third-order valence-corrected chi connectivity index (χ3v) is 3.62. The fourth-order valence-electron chi connectivity index (χ4n) is 2.33. The molecule has 110 valence electrons. The van der Waals surface area contributed by atoms with Gasteiger partial charge in [-0.1, -0.05) is 25.4 Å². The summed E-state index contributed by atoms with van der Waals surface area (Å²) in [5, 5.41) is 0.576. The van der Waals surface area contributed by atoms with E-state index in [1.54, 1.807) is 18.2 Å². The molecular weight excluding hydrogens is 274 g/mol. The molecule has 1 aromatic carbocycles. The molecular formula is C16H22ClNO2. The van der Waals surface area contributed by atoms with Crippen LogP contribution in [0.4, 0.5) is 0 Å². The van der Waals surface area contributed by atoms with Gasteiger partial charge in [0.1, 0.15) is 5.75 Å². The molecule has 0 bridgehead atoms. The molecule has 2 rings (SSSR count). The van der Waals surface area contributed by atoms with Crippen LogP contribution in [-0.2, 0) is 0 Å². The van der Waals surface area contributed by atoms with E-state index in [4.69, 9.17) is 16.3 Å². The minimum absolute atomic E-state index is 0.0909. The summed E-state index contributed by atoms with van der Waals surface area (Å²) in [4.78, 5) is 14.6. The lowest BCUT2D eigenvalue weighted by Crippen LogP contribution is -2.27. The molecule has 4 heteroatoms. The molecule has 1 fully saturated rings. The van der Waals surface area contributed by atoms with E-state index in [1.165, 1.54) is 12.8 Å². The van der Waals surface area contributed by atoms with Gasteiger partial charge < -0.3 is 4.74 Å². The number of hydrogen-bond donors (Lipinski definition) is 0. The smallest absolute Gasteiger partial charge is 0.180 e. The average Bonchev–Trinajstić information content (AvgIpc) is 2.89. The second-order valence-electron chi connectivity index (χ2n) is 5.75. The van der Waals surface area contributed by atoms with Gasteiger partial charge in [0.2, 0.25) is 0 Å². The number of rotatable bonds is 6. The predicted octanol–water partition coefficient (Wildman–Crippen LogP) is 3.65. The van der Waals surface area contributed by atoms with Gasteiger partial charge in [-0.25, -0.2) is 0 Å². The van der Waals surface area contributed by atoms with Crippen molar-refractivity contribution in [1.29, 1.82) is 0 Å². The fourth-order valence-corrected chi connectivity index (χ4v) is 2.50. The summed E-state index contributed by atoms with van der Waals surface area (Å²) in [6.45, 7) is 7.25. The molecule has 0 saturated carbocycles. The Morgan fingerprint density at radius 3 is 2.70 bits per heavy atom. The fraction of sp³-hybridized carbons (Fsp3) is 0.562. The van der Waals surface area contributed by atoms with E-state index >= 15 is 0 Å². The van der Waals surface area contributed by atoms with Crippen molar-refractivity contribution in [1.82, 2.24) is 4.90 Å². The highest BCUT2D eigenvalue weighted by atomic mass is 35.5. The first kappa shape index (κ1) is 15.3. The first-order valence-corrected chi connectivity index (χ1v) is 7.62. The molecule has 1 aromatic rings. The lowest BCUT2D eigenvalue weighted by atomic mass is 10.1. The number of carbonyl (C=O) groups excluding carboxylic acids is 1. The zero-order valence-electron chi connectivity index (χ0n) is 12.2. The number of ether oxygens (including phenoxy) is 1. The van der Waals surface area contributed by atoms with Gasteiger partial charge in [-0.15, -0.1) is 0 Å². The molecule has 0 amide bonds. The van der Waals surface area contributed by atoms with E-state index < -0.39 is 0 Å². The second-order valence-corrected chi connectivity index (χ2v) is 6.19. The molecule has 20 heavy (non-hydrogen) atoms. The summed E-state index contributed by atoms with van der Waals surface area (Å²) in [5.41, 5.74) is 0.602. The van der Waals surface area contributed by atoms with Crippen molar-refractivity contribution >= 4 is 17.4 Å². The minimum Gasteiger partial charge on any atom is -0.493 e. The largest absolute Gasteiger partial charge is 0.493 e. The minimum atomic E-state index is 0.0909. The van der Waals surface area contributed by atoms with Crippen molar-refractivity contribution in [2.45, 2.75) is 26.7 Å². The van der Waals surface area contributed by atoms with Gasteiger partial charge in [-0.05, 0) is 50.0 Å². The lowest BCUT2D eigenvalue weighted by Gasteiger charge is -2.16. The molecule has 0 unspecified atom stereocenters. The molecule has 0 aromatic heterocycles. The van der Waals surface area contributed by atoms with Crippen molar-refractivity contribution in [2.24, 2.45) is 5.92 Å². The van der Waals surface area contributed by atoms with Gasteiger partial charge in [0.15, 0.2) is 5.78 Å². The normalized spacial score (nSPS) is 15.8. The van der Waals surface area contributed by atoms with Crippen molar-refractivity contribution in [3.63, 3.8) is 0 Å². The lowest BCUT2D eigenvalue weighted by molar-refractivity contribution is 0.0940. The maximum absolute atomic E-state index is 12.4. The van der Waals surface area contributed by atoms with Crippen molar-refractivity contribution in [3.05, 3.63) is 28.8 Å². The Bertz CT molecular complexity index is 468. The van der Waals surface area contributed by atoms with Crippen LogP contribution in [0.5, 0.6) is 5.75 Å². The summed E-state index contributed by atoms with van der Waals surface area (Å²) in [5.74, 6) is 1.16. The Kier molecular flexibility index (Phi) is 5.44. The number of hydrogen-bond acceptors (Lipinski definition) is 3. The molecule has 0 spiro atoms. The number of Topliss-reactive ketones (excluding diaryl/α,β-unsaturated/α-hetero) is 1. The Balaban J connectivity index is 2.10. The predicted molar refractivity (Wildman–Crippen MR) is 81.8 cm³/mol. The average molecular weight is 296 g/mol. The SMILES string of the molecule is CC(C)COc1ccc(Cl)cc1C(=O)CN1CCCC1. The Morgan fingerprint density at radius 2 is 2.05 bits per heavy atom. The highest BCUT2D eigenvalue weighted by molar-refractivity contribution is 6.31. The van der Waals surface area contributed by atoms with E-state index in [-0.39, 0.29) is 5.78 Å². The van der Waals surface area contributed by atoms with Gasteiger partial charge in [0.25, 0.3) is 0 Å². The number of carbonyl (C=O) groups is 1. The molecule has 1 aliphatic rings. The van der Waals surface area contributed by atoms with Crippen LogP contribution in [-0.4, -0.2) is 36.9 Å². The molecule has 0 aliphatic carbocycles. The Labute approximate surface area is 125 Å². The molecule has 3 nitrogen and oxygen atoms in total. The maximum atomic E-state index is 12.4. The standard InChI is InChI=1S/C16H22ClNO2/c1-12(2)11-20-16-6-5-13(17)9-14(16)15(19)10-18-7-3-4-8-18/h5-6,9,12H,3-4,7-8,10-11H2,1-2H3. The molecule has 0 N–H and O–H groups in total. The van der Waals surface area contributed by atoms with E-state index in [0.29, 0.717) is 35.4 Å². The highest BCUT2D eigenvalue weighted by Crippen LogP contribution is 2.24. The summed E-state index contributed by atoms with van der Waals surface area (Å²) >= 11 is 6.02. The van der Waals surface area contributed by atoms with Crippen LogP contribution in [0.25, 0.3) is 0 Å². The van der Waals surface area contributed by atoms with Gasteiger partial charge in [0.05, 0.1) is 18.7 Å². The Hall–Kier alpha value is -1.06. The van der Waals surface area contributed by atoms with Gasteiger partial charge in [0, 0.05) is 5.02 Å². The summed E-state index contributed by atoms with van der Waals surface area (Å²) in [7, 11) is 0.